The van der Waals surface area contributed by atoms with Crippen molar-refractivity contribution in [2.75, 3.05) is 23.7 Å². The van der Waals surface area contributed by atoms with E-state index in [1.165, 1.54) is 24.8 Å². The highest BCUT2D eigenvalue weighted by Crippen LogP contribution is 2.29. The molecule has 0 aromatic heterocycles. The second kappa shape index (κ2) is 10.7. The van der Waals surface area contributed by atoms with E-state index in [1.54, 1.807) is 48.7 Å². The number of likely N-dealkylation sites (tertiary alicyclic amines) is 1. The van der Waals surface area contributed by atoms with Crippen molar-refractivity contribution in [1.29, 1.82) is 0 Å². The Kier molecular flexibility index (Phi) is 7.00. The van der Waals surface area contributed by atoms with Crippen LogP contribution in [0.3, 0.4) is 0 Å². The molecule has 0 spiro atoms. The van der Waals surface area contributed by atoms with E-state index in [4.69, 9.17) is 5.73 Å². The average molecular weight is 496 g/mol. The molecule has 0 atom stereocenters. The molecule has 3 amide bonds. The number of primary amides is 1. The molecule has 3 aromatic carbocycles. The molecule has 0 radical (unpaired) electrons. The van der Waals surface area contributed by atoms with E-state index in [9.17, 15) is 14.4 Å². The third-order valence-corrected chi connectivity index (χ3v) is 6.68. The van der Waals surface area contributed by atoms with Gasteiger partial charge in [0.2, 0.25) is 5.91 Å². The van der Waals surface area contributed by atoms with Gasteiger partial charge in [-0.3, -0.25) is 24.6 Å². The van der Waals surface area contributed by atoms with Crippen molar-refractivity contribution in [2.24, 2.45) is 5.73 Å². The Hall–Kier alpha value is -4.43. The molecule has 2 aliphatic rings. The molecule has 3 aromatic rings. The van der Waals surface area contributed by atoms with E-state index < -0.39 is 17.7 Å². The number of rotatable bonds is 7. The van der Waals surface area contributed by atoms with Crippen LogP contribution in [0.15, 0.2) is 72.9 Å². The maximum Gasteiger partial charge on any atom is 0.260 e. The minimum Gasteiger partial charge on any atom is -0.366 e. The summed E-state index contributed by atoms with van der Waals surface area (Å²) in [6, 6.07) is 20.1. The lowest BCUT2D eigenvalue weighted by Crippen LogP contribution is -2.36. The average Bonchev–Trinajstić information content (AvgIpc) is 2.90. The second-order valence-corrected chi connectivity index (χ2v) is 9.35. The lowest BCUT2D eigenvalue weighted by Gasteiger charge is -2.26. The van der Waals surface area contributed by atoms with E-state index in [-0.39, 0.29) is 0 Å². The summed E-state index contributed by atoms with van der Waals surface area (Å²) in [6.07, 6.45) is 5.47. The first-order valence-corrected chi connectivity index (χ1v) is 12.4. The van der Waals surface area contributed by atoms with Crippen LogP contribution in [0.5, 0.6) is 0 Å². The van der Waals surface area contributed by atoms with Crippen LogP contribution >= 0.6 is 0 Å². The van der Waals surface area contributed by atoms with Gasteiger partial charge in [0.05, 0.1) is 5.57 Å². The topological polar surface area (TPSA) is 117 Å². The summed E-state index contributed by atoms with van der Waals surface area (Å²) in [6.45, 7) is 3.24. The SMILES string of the molecule is NC(=O)c1ccc(Nc2ccc3c(c2)/C(=C/Nc2ccc(CN4CCCCC4)cc2)C(=O)NC3=O)cc1. The highest BCUT2D eigenvalue weighted by atomic mass is 16.2. The van der Waals surface area contributed by atoms with Crippen molar-refractivity contribution in [3.05, 3.63) is 95.2 Å². The van der Waals surface area contributed by atoms with Crippen LogP contribution < -0.4 is 21.7 Å². The summed E-state index contributed by atoms with van der Waals surface area (Å²) in [4.78, 5) is 39.0. The Morgan fingerprint density at radius 1 is 0.838 bits per heavy atom. The third kappa shape index (κ3) is 5.70. The molecule has 8 heteroatoms. The number of anilines is 3. The normalized spacial score (nSPS) is 16.7. The molecular formula is C29H29N5O3. The summed E-state index contributed by atoms with van der Waals surface area (Å²) in [7, 11) is 0. The highest BCUT2D eigenvalue weighted by molar-refractivity contribution is 6.31. The number of nitrogens with two attached hydrogens (primary N) is 1. The molecule has 0 saturated carbocycles. The number of carbonyl (C=O) groups is 3. The summed E-state index contributed by atoms with van der Waals surface area (Å²) in [5.41, 5.74) is 10.6. The van der Waals surface area contributed by atoms with Gasteiger partial charge in [0, 0.05) is 46.5 Å². The number of hydrogen-bond acceptors (Lipinski definition) is 6. The number of benzene rings is 3. The van der Waals surface area contributed by atoms with Gasteiger partial charge in [-0.2, -0.15) is 0 Å². The van der Waals surface area contributed by atoms with E-state index in [2.05, 4.69) is 33.0 Å². The zero-order valence-corrected chi connectivity index (χ0v) is 20.4. The van der Waals surface area contributed by atoms with Crippen molar-refractivity contribution >= 4 is 40.4 Å². The molecule has 0 unspecified atom stereocenters. The second-order valence-electron chi connectivity index (χ2n) is 9.35. The van der Waals surface area contributed by atoms with Crippen LogP contribution in [0.1, 0.15) is 51.1 Å². The van der Waals surface area contributed by atoms with Crippen LogP contribution in [-0.4, -0.2) is 35.7 Å². The summed E-state index contributed by atoms with van der Waals surface area (Å²) < 4.78 is 0. The smallest absolute Gasteiger partial charge is 0.260 e. The Labute approximate surface area is 215 Å². The summed E-state index contributed by atoms with van der Waals surface area (Å²) in [5, 5.41) is 8.85. The van der Waals surface area contributed by atoms with Gasteiger partial charge in [0.15, 0.2) is 0 Å². The first-order chi connectivity index (χ1) is 18.0. The van der Waals surface area contributed by atoms with Gasteiger partial charge in [-0.15, -0.1) is 0 Å². The molecular weight excluding hydrogens is 466 g/mol. The Morgan fingerprint density at radius 3 is 2.22 bits per heavy atom. The number of hydrogen-bond donors (Lipinski definition) is 4. The van der Waals surface area contributed by atoms with Crippen molar-refractivity contribution in [1.82, 2.24) is 10.2 Å². The molecule has 8 nitrogen and oxygen atoms in total. The maximum absolute atomic E-state index is 12.7. The monoisotopic (exact) mass is 495 g/mol. The Morgan fingerprint density at radius 2 is 1.51 bits per heavy atom. The molecule has 0 aliphatic carbocycles. The summed E-state index contributed by atoms with van der Waals surface area (Å²) in [5.74, 6) is -1.39. The van der Waals surface area contributed by atoms with Crippen molar-refractivity contribution in [2.45, 2.75) is 25.8 Å². The van der Waals surface area contributed by atoms with Crippen molar-refractivity contribution in [3.8, 4) is 0 Å². The molecule has 1 fully saturated rings. The molecule has 0 bridgehead atoms. The third-order valence-electron chi connectivity index (χ3n) is 6.68. The Balaban J connectivity index is 1.33. The van der Waals surface area contributed by atoms with Crippen LogP contribution in [0.4, 0.5) is 17.1 Å². The molecule has 2 aliphatic heterocycles. The number of amides is 3. The zero-order valence-electron chi connectivity index (χ0n) is 20.4. The van der Waals surface area contributed by atoms with Gasteiger partial charge in [-0.1, -0.05) is 18.6 Å². The highest BCUT2D eigenvalue weighted by Gasteiger charge is 2.27. The number of piperidine rings is 1. The van der Waals surface area contributed by atoms with Crippen LogP contribution in [0, 0.1) is 0 Å². The minimum absolute atomic E-state index is 0.361. The lowest BCUT2D eigenvalue weighted by atomic mass is 9.94. The molecule has 5 rings (SSSR count). The van der Waals surface area contributed by atoms with Crippen LogP contribution in [0.25, 0.3) is 5.57 Å². The fourth-order valence-corrected chi connectivity index (χ4v) is 4.67. The van der Waals surface area contributed by atoms with Crippen LogP contribution in [-0.2, 0) is 11.3 Å². The maximum atomic E-state index is 12.7. The molecule has 37 heavy (non-hydrogen) atoms. The number of imide groups is 1. The van der Waals surface area contributed by atoms with E-state index >= 15 is 0 Å². The van der Waals surface area contributed by atoms with Crippen molar-refractivity contribution < 1.29 is 14.4 Å². The predicted octanol–water partition coefficient (Wildman–Crippen LogP) is 4.24. The van der Waals surface area contributed by atoms with Crippen LogP contribution in [0.2, 0.25) is 0 Å². The lowest BCUT2D eigenvalue weighted by molar-refractivity contribution is -0.114. The fraction of sp³-hybridized carbons (Fsp3) is 0.207. The molecule has 188 valence electrons. The fourth-order valence-electron chi connectivity index (χ4n) is 4.67. The van der Waals surface area contributed by atoms with Gasteiger partial charge in [0.1, 0.15) is 0 Å². The minimum atomic E-state index is -0.497. The van der Waals surface area contributed by atoms with Gasteiger partial charge in [-0.25, -0.2) is 0 Å². The number of nitrogens with one attached hydrogen (secondary N) is 3. The van der Waals surface area contributed by atoms with Gasteiger partial charge in [0.25, 0.3) is 11.8 Å². The van der Waals surface area contributed by atoms with Gasteiger partial charge >= 0.3 is 0 Å². The van der Waals surface area contributed by atoms with E-state index in [0.29, 0.717) is 28.0 Å². The number of fused-ring (bicyclic) bond motifs is 1. The predicted molar refractivity (Wildman–Crippen MR) is 144 cm³/mol. The van der Waals surface area contributed by atoms with Crippen molar-refractivity contribution in [3.63, 3.8) is 0 Å². The first kappa shape index (κ1) is 24.3. The molecule has 1 saturated heterocycles. The van der Waals surface area contributed by atoms with Gasteiger partial charge < -0.3 is 16.4 Å². The van der Waals surface area contributed by atoms with E-state index in [0.717, 1.165) is 31.0 Å². The molecule has 5 N–H and O–H groups in total. The first-order valence-electron chi connectivity index (χ1n) is 12.4. The number of carbonyl (C=O) groups excluding carboxylic acids is 3. The molecule has 2 heterocycles. The summed E-state index contributed by atoms with van der Waals surface area (Å²) >= 11 is 0. The quantitative estimate of drug-likeness (QED) is 0.288. The van der Waals surface area contributed by atoms with E-state index in [1.807, 2.05) is 12.1 Å². The Bertz CT molecular complexity index is 1360. The zero-order chi connectivity index (χ0) is 25.8. The largest absolute Gasteiger partial charge is 0.366 e. The standard InChI is InChI=1S/C29H29N5O3/c30-27(35)20-6-10-22(11-7-20)32-23-12-13-24-25(16-23)26(29(37)33-28(24)36)17-31-21-8-4-19(5-9-21)18-34-14-2-1-3-15-34/h4-13,16-17,31-32H,1-3,14-15,18H2,(H2,30,35)(H,33,36,37)/b26-17-. The number of nitrogens with zero attached hydrogens (tertiary/aromatic N) is 1. The van der Waals surface area contributed by atoms with Gasteiger partial charge in [-0.05, 0) is 86.1 Å².